The van der Waals surface area contributed by atoms with Crippen molar-refractivity contribution < 1.29 is 19.0 Å². The van der Waals surface area contributed by atoms with Crippen LogP contribution in [-0.4, -0.2) is 56.8 Å². The van der Waals surface area contributed by atoms with Gasteiger partial charge in [0.05, 0.1) is 25.5 Å². The van der Waals surface area contributed by atoms with Gasteiger partial charge in [0.15, 0.2) is 11.5 Å². The van der Waals surface area contributed by atoms with Crippen molar-refractivity contribution in [3.8, 4) is 11.5 Å². The molecular formula is C21H27N3O4. The van der Waals surface area contributed by atoms with E-state index < -0.39 is 0 Å². The summed E-state index contributed by atoms with van der Waals surface area (Å²) in [7, 11) is 4.93. The number of carbonyl (C=O) groups is 1. The molecular weight excluding hydrogens is 358 g/mol. The molecule has 0 bridgehead atoms. The Balaban J connectivity index is 1.70. The van der Waals surface area contributed by atoms with Crippen molar-refractivity contribution in [1.82, 2.24) is 9.88 Å². The van der Waals surface area contributed by atoms with Gasteiger partial charge in [-0.2, -0.15) is 0 Å². The zero-order valence-corrected chi connectivity index (χ0v) is 16.7. The normalized spacial score (nSPS) is 13.0. The van der Waals surface area contributed by atoms with Crippen molar-refractivity contribution in [3.63, 3.8) is 0 Å². The summed E-state index contributed by atoms with van der Waals surface area (Å²) in [4.78, 5) is 19.1. The highest BCUT2D eigenvalue weighted by atomic mass is 16.5. The van der Waals surface area contributed by atoms with Gasteiger partial charge in [-0.1, -0.05) is 0 Å². The van der Waals surface area contributed by atoms with Crippen molar-refractivity contribution in [3.05, 3.63) is 47.3 Å². The van der Waals surface area contributed by atoms with Crippen molar-refractivity contribution >= 4 is 11.6 Å². The van der Waals surface area contributed by atoms with Crippen molar-refractivity contribution in [2.45, 2.75) is 19.4 Å². The summed E-state index contributed by atoms with van der Waals surface area (Å²) in [6, 6.07) is 5.81. The van der Waals surface area contributed by atoms with Gasteiger partial charge in [0, 0.05) is 45.7 Å². The quantitative estimate of drug-likeness (QED) is 0.705. The Labute approximate surface area is 165 Å². The highest BCUT2D eigenvalue weighted by Crippen LogP contribution is 2.33. The van der Waals surface area contributed by atoms with E-state index in [2.05, 4.69) is 10.3 Å². The van der Waals surface area contributed by atoms with Crippen LogP contribution in [0.25, 0.3) is 0 Å². The maximum absolute atomic E-state index is 13.0. The Morgan fingerprint density at radius 1 is 1.11 bits per heavy atom. The van der Waals surface area contributed by atoms with E-state index in [1.54, 1.807) is 33.7 Å². The minimum Gasteiger partial charge on any atom is -0.493 e. The third-order valence-corrected chi connectivity index (χ3v) is 4.84. The number of hydrogen-bond acceptors (Lipinski definition) is 6. The Morgan fingerprint density at radius 2 is 1.86 bits per heavy atom. The first-order chi connectivity index (χ1) is 13.7. The molecule has 0 spiro atoms. The molecule has 0 atom stereocenters. The number of pyridine rings is 1. The van der Waals surface area contributed by atoms with E-state index in [-0.39, 0.29) is 5.91 Å². The monoisotopic (exact) mass is 385 g/mol. The van der Waals surface area contributed by atoms with E-state index in [0.29, 0.717) is 31.0 Å². The summed E-state index contributed by atoms with van der Waals surface area (Å²) in [6.07, 6.45) is 5.02. The molecule has 2 heterocycles. The summed E-state index contributed by atoms with van der Waals surface area (Å²) in [5.74, 6) is 1.38. The van der Waals surface area contributed by atoms with Gasteiger partial charge in [-0.25, -0.2) is 0 Å². The van der Waals surface area contributed by atoms with E-state index in [1.807, 2.05) is 23.1 Å². The molecule has 1 aromatic heterocycles. The van der Waals surface area contributed by atoms with Crippen molar-refractivity contribution in [2.75, 3.05) is 46.3 Å². The average Bonchev–Trinajstić information content (AvgIpc) is 2.75. The van der Waals surface area contributed by atoms with Crippen LogP contribution in [0.3, 0.4) is 0 Å². The van der Waals surface area contributed by atoms with Gasteiger partial charge in [-0.15, -0.1) is 0 Å². The number of fused-ring (bicyclic) bond motifs is 1. The average molecular weight is 385 g/mol. The molecule has 0 radical (unpaired) electrons. The van der Waals surface area contributed by atoms with Crippen LogP contribution in [-0.2, 0) is 17.7 Å². The number of nitrogens with one attached hydrogen (secondary N) is 1. The molecule has 1 aliphatic rings. The third kappa shape index (κ3) is 4.54. The minimum atomic E-state index is -0.0199. The smallest absolute Gasteiger partial charge is 0.255 e. The van der Waals surface area contributed by atoms with Gasteiger partial charge in [-0.05, 0) is 42.2 Å². The van der Waals surface area contributed by atoms with E-state index in [4.69, 9.17) is 14.2 Å². The molecule has 1 amide bonds. The first kappa shape index (κ1) is 19.9. The van der Waals surface area contributed by atoms with E-state index in [9.17, 15) is 4.79 Å². The van der Waals surface area contributed by atoms with Gasteiger partial charge in [-0.3, -0.25) is 9.78 Å². The van der Waals surface area contributed by atoms with Crippen LogP contribution in [0, 0.1) is 0 Å². The summed E-state index contributed by atoms with van der Waals surface area (Å²) in [5.41, 5.74) is 3.69. The Kier molecular flexibility index (Phi) is 6.71. The van der Waals surface area contributed by atoms with E-state index in [0.717, 1.165) is 36.4 Å². The number of ether oxygens (including phenoxy) is 3. The molecule has 0 saturated heterocycles. The molecule has 1 N–H and O–H groups in total. The molecule has 1 aliphatic heterocycles. The second kappa shape index (κ2) is 9.41. The maximum Gasteiger partial charge on any atom is 0.255 e. The van der Waals surface area contributed by atoms with Crippen LogP contribution in [0.15, 0.2) is 30.6 Å². The molecule has 0 unspecified atom stereocenters. The molecule has 0 saturated carbocycles. The molecule has 7 heteroatoms. The Morgan fingerprint density at radius 3 is 2.57 bits per heavy atom. The zero-order valence-electron chi connectivity index (χ0n) is 16.7. The lowest BCUT2D eigenvalue weighted by Crippen LogP contribution is -2.36. The predicted molar refractivity (Wildman–Crippen MR) is 107 cm³/mol. The molecule has 3 rings (SSSR count). The first-order valence-electron chi connectivity index (χ1n) is 9.37. The van der Waals surface area contributed by atoms with Crippen molar-refractivity contribution in [2.24, 2.45) is 0 Å². The van der Waals surface area contributed by atoms with E-state index in [1.165, 1.54) is 5.56 Å². The molecule has 2 aromatic rings. The fourth-order valence-corrected chi connectivity index (χ4v) is 3.34. The van der Waals surface area contributed by atoms with Crippen LogP contribution >= 0.6 is 0 Å². The Hall–Kier alpha value is -2.80. The highest BCUT2D eigenvalue weighted by molar-refractivity contribution is 5.94. The van der Waals surface area contributed by atoms with Crippen molar-refractivity contribution in [1.29, 1.82) is 0 Å². The van der Waals surface area contributed by atoms with Crippen LogP contribution in [0.2, 0.25) is 0 Å². The fraction of sp³-hybridized carbons (Fsp3) is 0.429. The molecule has 1 aromatic carbocycles. The number of methoxy groups -OCH3 is 3. The summed E-state index contributed by atoms with van der Waals surface area (Å²) in [5, 5.41) is 3.28. The maximum atomic E-state index is 13.0. The SMILES string of the molecule is COCCCNc1cncc(C(=O)N2CCc3cc(OC)c(OC)cc3C2)c1. The second-order valence-electron chi connectivity index (χ2n) is 6.69. The standard InChI is InChI=1S/C21H27N3O4/c1-26-8-4-6-23-18-9-16(12-22-13-18)21(25)24-7-5-15-10-19(27-2)20(28-3)11-17(15)14-24/h9-13,23H,4-8,14H2,1-3H3. The number of nitrogens with zero attached hydrogens (tertiary/aromatic N) is 2. The number of aromatic nitrogens is 1. The molecule has 0 fully saturated rings. The lowest BCUT2D eigenvalue weighted by molar-refractivity contribution is 0.0734. The summed E-state index contributed by atoms with van der Waals surface area (Å²) >= 11 is 0. The molecule has 7 nitrogen and oxygen atoms in total. The third-order valence-electron chi connectivity index (χ3n) is 4.84. The van der Waals surface area contributed by atoms with Crippen LogP contribution < -0.4 is 14.8 Å². The van der Waals surface area contributed by atoms with Gasteiger partial charge in [0.2, 0.25) is 0 Å². The van der Waals surface area contributed by atoms with Crippen LogP contribution in [0.4, 0.5) is 5.69 Å². The highest BCUT2D eigenvalue weighted by Gasteiger charge is 2.24. The minimum absolute atomic E-state index is 0.0199. The Bertz CT molecular complexity index is 825. The van der Waals surface area contributed by atoms with Crippen LogP contribution in [0.5, 0.6) is 11.5 Å². The number of rotatable bonds is 8. The fourth-order valence-electron chi connectivity index (χ4n) is 3.34. The van der Waals surface area contributed by atoms with E-state index >= 15 is 0 Å². The van der Waals surface area contributed by atoms with Gasteiger partial charge < -0.3 is 24.4 Å². The number of amides is 1. The lowest BCUT2D eigenvalue weighted by atomic mass is 9.98. The molecule has 28 heavy (non-hydrogen) atoms. The number of benzene rings is 1. The van der Waals surface area contributed by atoms with Gasteiger partial charge in [0.25, 0.3) is 5.91 Å². The summed E-state index contributed by atoms with van der Waals surface area (Å²) in [6.45, 7) is 2.67. The largest absolute Gasteiger partial charge is 0.493 e. The molecule has 0 aliphatic carbocycles. The topological polar surface area (TPSA) is 72.9 Å². The summed E-state index contributed by atoms with van der Waals surface area (Å²) < 4.78 is 15.8. The first-order valence-corrected chi connectivity index (χ1v) is 9.37. The lowest BCUT2D eigenvalue weighted by Gasteiger charge is -2.29. The van der Waals surface area contributed by atoms with Crippen LogP contribution in [0.1, 0.15) is 27.9 Å². The number of anilines is 1. The number of carbonyl (C=O) groups excluding carboxylic acids is 1. The predicted octanol–water partition coefficient (Wildman–Crippen LogP) is 2.75. The van der Waals surface area contributed by atoms with Gasteiger partial charge >= 0.3 is 0 Å². The molecule has 150 valence electrons. The number of hydrogen-bond donors (Lipinski definition) is 1. The zero-order chi connectivity index (χ0) is 19.9. The second-order valence-corrected chi connectivity index (χ2v) is 6.69. The van der Waals surface area contributed by atoms with Gasteiger partial charge in [0.1, 0.15) is 0 Å².